The lowest BCUT2D eigenvalue weighted by atomic mass is 9.85. The van der Waals surface area contributed by atoms with Crippen LogP contribution >= 0.6 is 11.3 Å². The van der Waals surface area contributed by atoms with Crippen molar-refractivity contribution < 1.29 is 42.6 Å². The SMILES string of the molecule is COc1cnc(C(=O)NCc2cccc(CC(=O)NCCCCC(=O)N[C@H](C(=O)N3C[C@H](O)C[C@H]3C(=O)NCc3ccc(-c4sccc4C)cc3)C(C)(C)C)c2)cc1/C=C/C1CCC(F)(F)CC1. The standard InChI is InChI=1S/C52H64F2N6O7S/c1-33-20-24-68-46(33)38-15-13-35(14-16-38)29-58-49(65)42-28-40(61)32-60(42)50(66)47(51(2,3)4)59-44(62)11-6-7-23-55-45(63)26-36-9-8-10-37(25-36)30-57-48(64)41-27-39(43(67-5)31-56-41)17-12-34-18-21-52(53,54)22-19-34/h8-10,12-17,20,24-25,27,31,34,40,42,47,61H,6-7,11,18-19,21-23,26,28-30,32H2,1-5H3,(H,55,63)(H,57,64)(H,58,65)(H,59,62)/b17-12+/t40-,42+,47-/m1/s1. The molecule has 1 saturated heterocycles. The number of halogens is 2. The first-order valence-corrected chi connectivity index (χ1v) is 24.2. The first kappa shape index (κ1) is 51.4. The van der Waals surface area contributed by atoms with Crippen LogP contribution < -0.4 is 26.0 Å². The summed E-state index contributed by atoms with van der Waals surface area (Å²) in [5, 5.41) is 24.2. The van der Waals surface area contributed by atoms with E-state index in [1.807, 2.05) is 75.4 Å². The molecular weight excluding hydrogens is 891 g/mol. The first-order chi connectivity index (χ1) is 32.4. The third-order valence-corrected chi connectivity index (χ3v) is 13.5. The number of hydrogen-bond donors (Lipinski definition) is 5. The summed E-state index contributed by atoms with van der Waals surface area (Å²) in [6, 6.07) is 17.1. The summed E-state index contributed by atoms with van der Waals surface area (Å²) in [6.45, 7) is 8.35. The van der Waals surface area contributed by atoms with Gasteiger partial charge in [0.25, 0.3) is 5.91 Å². The fourth-order valence-electron chi connectivity index (χ4n) is 8.49. The predicted molar refractivity (Wildman–Crippen MR) is 259 cm³/mol. The van der Waals surface area contributed by atoms with Gasteiger partial charge in [0.15, 0.2) is 0 Å². The summed E-state index contributed by atoms with van der Waals surface area (Å²) in [5.41, 5.74) is 4.85. The van der Waals surface area contributed by atoms with Crippen LogP contribution in [-0.2, 0) is 38.7 Å². The number of thiophene rings is 1. The topological polar surface area (TPSA) is 179 Å². The quantitative estimate of drug-likeness (QED) is 0.0599. The van der Waals surface area contributed by atoms with Gasteiger partial charge in [0, 0.05) is 62.3 Å². The summed E-state index contributed by atoms with van der Waals surface area (Å²) >= 11 is 1.67. The number of nitrogens with zero attached hydrogens (tertiary/aromatic N) is 2. The molecule has 3 heterocycles. The Balaban J connectivity index is 0.913. The number of likely N-dealkylation sites (tertiary alicyclic amines) is 1. The molecule has 13 nitrogen and oxygen atoms in total. The highest BCUT2D eigenvalue weighted by Gasteiger charge is 2.44. The molecule has 68 heavy (non-hydrogen) atoms. The Morgan fingerprint density at radius 2 is 1.66 bits per heavy atom. The molecule has 2 aromatic heterocycles. The van der Waals surface area contributed by atoms with E-state index in [-0.39, 0.29) is 81.1 Å². The third-order valence-electron chi connectivity index (χ3n) is 12.4. The van der Waals surface area contributed by atoms with E-state index in [2.05, 4.69) is 44.6 Å². The number of carbonyl (C=O) groups is 5. The molecule has 4 aromatic rings. The molecule has 0 radical (unpaired) electrons. The summed E-state index contributed by atoms with van der Waals surface area (Å²) in [4.78, 5) is 73.5. The fourth-order valence-corrected chi connectivity index (χ4v) is 9.42. The van der Waals surface area contributed by atoms with Crippen molar-refractivity contribution in [1.82, 2.24) is 31.2 Å². The normalized spacial score (nSPS) is 17.7. The summed E-state index contributed by atoms with van der Waals surface area (Å²) in [7, 11) is 1.50. The molecule has 6 rings (SSSR count). The Morgan fingerprint density at radius 1 is 0.941 bits per heavy atom. The minimum atomic E-state index is -2.61. The van der Waals surface area contributed by atoms with E-state index < -0.39 is 41.3 Å². The molecule has 5 N–H and O–H groups in total. The van der Waals surface area contributed by atoms with E-state index in [0.29, 0.717) is 43.5 Å². The third kappa shape index (κ3) is 14.5. The number of aromatic nitrogens is 1. The summed E-state index contributed by atoms with van der Waals surface area (Å²) < 4.78 is 32.6. The smallest absolute Gasteiger partial charge is 0.270 e. The van der Waals surface area contributed by atoms with Gasteiger partial charge in [0.1, 0.15) is 23.5 Å². The van der Waals surface area contributed by atoms with Crippen molar-refractivity contribution in [2.75, 3.05) is 20.2 Å². The van der Waals surface area contributed by atoms with Crippen LogP contribution in [0.5, 0.6) is 5.75 Å². The molecule has 16 heteroatoms. The highest BCUT2D eigenvalue weighted by molar-refractivity contribution is 7.13. The van der Waals surface area contributed by atoms with Crippen molar-refractivity contribution in [1.29, 1.82) is 0 Å². The number of rotatable bonds is 19. The maximum atomic E-state index is 14.0. The summed E-state index contributed by atoms with van der Waals surface area (Å²) in [5.74, 6) is -3.87. The number of β-amino-alcohol motifs (C(OH)–C–C–N with tert-alkyl or cyclic N) is 1. The lowest BCUT2D eigenvalue weighted by Crippen LogP contribution is -2.57. The van der Waals surface area contributed by atoms with Crippen molar-refractivity contribution in [2.24, 2.45) is 11.3 Å². The maximum Gasteiger partial charge on any atom is 0.270 e. The van der Waals surface area contributed by atoms with Crippen LogP contribution in [0.1, 0.15) is 110 Å². The van der Waals surface area contributed by atoms with Crippen molar-refractivity contribution in [3.63, 3.8) is 0 Å². The van der Waals surface area contributed by atoms with Gasteiger partial charge in [-0.3, -0.25) is 24.0 Å². The van der Waals surface area contributed by atoms with E-state index in [9.17, 15) is 37.9 Å². The molecular formula is C52H64F2N6O7S. The fraction of sp³-hybridized carbons (Fsp3) is 0.462. The number of amides is 5. The number of benzene rings is 2. The van der Waals surface area contributed by atoms with Gasteiger partial charge >= 0.3 is 0 Å². The maximum absolute atomic E-state index is 14.0. The summed E-state index contributed by atoms with van der Waals surface area (Å²) in [6.07, 6.45) is 6.06. The van der Waals surface area contributed by atoms with Gasteiger partial charge in [-0.2, -0.15) is 0 Å². The number of aliphatic hydroxyl groups is 1. The molecule has 5 amide bonds. The molecule has 1 saturated carbocycles. The number of aliphatic hydroxyl groups excluding tert-OH is 1. The average Bonchev–Trinajstić information content (AvgIpc) is 3.93. The molecule has 0 unspecified atom stereocenters. The second-order valence-corrected chi connectivity index (χ2v) is 19.9. The van der Waals surface area contributed by atoms with E-state index in [4.69, 9.17) is 4.74 Å². The number of methoxy groups -OCH3 is 1. The highest BCUT2D eigenvalue weighted by Crippen LogP contribution is 2.37. The van der Waals surface area contributed by atoms with Gasteiger partial charge in [0.05, 0.1) is 25.8 Å². The van der Waals surface area contributed by atoms with Crippen LogP contribution in [0.2, 0.25) is 0 Å². The van der Waals surface area contributed by atoms with Crippen LogP contribution in [-0.4, -0.2) is 88.8 Å². The van der Waals surface area contributed by atoms with E-state index in [1.54, 1.807) is 23.5 Å². The Hall–Kier alpha value is -6.00. The predicted octanol–water partition coefficient (Wildman–Crippen LogP) is 7.53. The van der Waals surface area contributed by atoms with Crippen molar-refractivity contribution in [3.05, 3.63) is 112 Å². The first-order valence-electron chi connectivity index (χ1n) is 23.3. The number of allylic oxidation sites excluding steroid dienone is 1. The molecule has 2 fully saturated rings. The zero-order chi connectivity index (χ0) is 49.0. The van der Waals surface area contributed by atoms with Gasteiger partial charge in [-0.15, -0.1) is 11.3 Å². The highest BCUT2D eigenvalue weighted by atomic mass is 32.1. The molecule has 1 aliphatic heterocycles. The minimum absolute atomic E-state index is 0.0170. The molecule has 0 bridgehead atoms. The van der Waals surface area contributed by atoms with Crippen molar-refractivity contribution in [2.45, 2.75) is 123 Å². The van der Waals surface area contributed by atoms with Crippen LogP contribution in [0.3, 0.4) is 0 Å². The average molecular weight is 955 g/mol. The Labute approximate surface area is 401 Å². The zero-order valence-corrected chi connectivity index (χ0v) is 40.4. The van der Waals surface area contributed by atoms with Gasteiger partial charge in [0.2, 0.25) is 29.6 Å². The number of nitrogens with one attached hydrogen (secondary N) is 4. The number of alkyl halides is 2. The number of hydrogen-bond acceptors (Lipinski definition) is 9. The lowest BCUT2D eigenvalue weighted by molar-refractivity contribution is -0.144. The van der Waals surface area contributed by atoms with E-state index >= 15 is 0 Å². The zero-order valence-electron chi connectivity index (χ0n) is 39.5. The van der Waals surface area contributed by atoms with Gasteiger partial charge in [-0.1, -0.05) is 81.5 Å². The van der Waals surface area contributed by atoms with Crippen LogP contribution in [0, 0.1) is 18.3 Å². The van der Waals surface area contributed by atoms with Crippen molar-refractivity contribution in [3.8, 4) is 16.2 Å². The van der Waals surface area contributed by atoms with Crippen LogP contribution in [0.15, 0.2) is 78.3 Å². The Bertz CT molecular complexity index is 2420. The van der Waals surface area contributed by atoms with E-state index in [0.717, 1.165) is 22.3 Å². The second kappa shape index (κ2) is 23.3. The lowest BCUT2D eigenvalue weighted by Gasteiger charge is -2.35. The monoisotopic (exact) mass is 954 g/mol. The van der Waals surface area contributed by atoms with Crippen LogP contribution in [0.4, 0.5) is 8.78 Å². The molecule has 2 aliphatic rings. The van der Waals surface area contributed by atoms with Crippen molar-refractivity contribution >= 4 is 46.9 Å². The molecule has 1 aliphatic carbocycles. The van der Waals surface area contributed by atoms with Gasteiger partial charge in [-0.25, -0.2) is 13.8 Å². The number of unbranched alkanes of at least 4 members (excludes halogenated alkanes) is 1. The minimum Gasteiger partial charge on any atom is -0.495 e. The van der Waals surface area contributed by atoms with Gasteiger partial charge in [-0.05, 0) is 89.3 Å². The Morgan fingerprint density at radius 3 is 2.35 bits per heavy atom. The number of aryl methyl sites for hydroxylation is 1. The molecule has 0 spiro atoms. The van der Waals surface area contributed by atoms with Gasteiger partial charge < -0.3 is 36.0 Å². The molecule has 3 atom stereocenters. The molecule has 2 aromatic carbocycles. The number of carbonyl (C=O) groups excluding carboxylic acids is 5. The van der Waals surface area contributed by atoms with Crippen LogP contribution in [0.25, 0.3) is 16.5 Å². The Kier molecular flexibility index (Phi) is 17.6. The molecule has 364 valence electrons. The van der Waals surface area contributed by atoms with E-state index in [1.165, 1.54) is 28.6 Å². The second-order valence-electron chi connectivity index (χ2n) is 19.0. The number of ether oxygens (including phenoxy) is 1. The number of pyridine rings is 1. The largest absolute Gasteiger partial charge is 0.495 e.